The highest BCUT2D eigenvalue weighted by molar-refractivity contribution is 7.98. The van der Waals surface area contributed by atoms with Crippen LogP contribution >= 0.6 is 11.8 Å². The van der Waals surface area contributed by atoms with Crippen molar-refractivity contribution in [1.82, 2.24) is 4.90 Å². The molecular formula is C47H57N3O7S. The van der Waals surface area contributed by atoms with E-state index in [0.29, 0.717) is 35.5 Å². The minimum atomic E-state index is -1.38. The summed E-state index contributed by atoms with van der Waals surface area (Å²) in [6.45, 7) is 10.3. The first-order valence-corrected chi connectivity index (χ1v) is 21.5. The molecule has 1 aliphatic heterocycles. The molecule has 1 fully saturated rings. The Bertz CT molecular complexity index is 2000. The highest BCUT2D eigenvalue weighted by Gasteiger charge is 2.65. The minimum absolute atomic E-state index is 0.0764. The minimum Gasteiger partial charge on any atom is -0.459 e. The third-order valence-electron chi connectivity index (χ3n) is 11.4. The number of fused-ring (bicyclic) bond motifs is 2. The highest BCUT2D eigenvalue weighted by atomic mass is 32.2. The Morgan fingerprint density at radius 2 is 1.72 bits per heavy atom. The van der Waals surface area contributed by atoms with E-state index < -0.39 is 23.3 Å². The maximum Gasteiger partial charge on any atom is 0.254 e. The van der Waals surface area contributed by atoms with E-state index in [1.165, 1.54) is 0 Å². The van der Waals surface area contributed by atoms with Crippen molar-refractivity contribution in [3.8, 4) is 23.3 Å². The van der Waals surface area contributed by atoms with Crippen molar-refractivity contribution in [3.05, 3.63) is 108 Å². The van der Waals surface area contributed by atoms with Gasteiger partial charge in [0, 0.05) is 48.6 Å². The number of oxime groups is 1. The number of unbranched alkanes of at least 4 members (excludes halogenated alkanes) is 2. The lowest BCUT2D eigenvalue weighted by molar-refractivity contribution is -0.252. The number of hydrogen-bond acceptors (Lipinski definition) is 10. The van der Waals surface area contributed by atoms with Gasteiger partial charge >= 0.3 is 0 Å². The Morgan fingerprint density at radius 3 is 2.36 bits per heavy atom. The number of aliphatic hydroxyl groups is 2. The fourth-order valence-corrected chi connectivity index (χ4v) is 9.20. The van der Waals surface area contributed by atoms with Crippen LogP contribution in [0.2, 0.25) is 0 Å². The number of amides is 1. The van der Waals surface area contributed by atoms with Crippen LogP contribution in [0.3, 0.4) is 0 Å². The predicted molar refractivity (Wildman–Crippen MR) is 227 cm³/mol. The second-order valence-electron chi connectivity index (χ2n) is 16.4. The Kier molecular flexibility index (Phi) is 14.1. The van der Waals surface area contributed by atoms with Gasteiger partial charge in [-0.2, -0.15) is 5.26 Å². The Labute approximate surface area is 347 Å². The highest BCUT2D eigenvalue weighted by Crippen LogP contribution is 2.62. The lowest BCUT2D eigenvalue weighted by Crippen LogP contribution is -2.69. The van der Waals surface area contributed by atoms with Crippen molar-refractivity contribution in [2.24, 2.45) is 22.9 Å². The molecule has 58 heavy (non-hydrogen) atoms. The lowest BCUT2D eigenvalue weighted by Gasteiger charge is -2.59. The number of hydrogen-bond donors (Lipinski definition) is 2. The molecule has 3 aliphatic rings. The largest absolute Gasteiger partial charge is 0.459 e. The van der Waals surface area contributed by atoms with Gasteiger partial charge in [-0.05, 0) is 137 Å². The number of nitrogens with zero attached hydrogens (tertiary/aromatic N) is 3. The summed E-state index contributed by atoms with van der Waals surface area (Å²) in [6.07, 6.45) is 11.0. The predicted octanol–water partition coefficient (Wildman–Crippen LogP) is 9.28. The fraction of sp³-hybridized carbons (Fsp3) is 0.468. The van der Waals surface area contributed by atoms with Crippen LogP contribution in [0.4, 0.5) is 0 Å². The number of allylic oxidation sites excluding steroid dienone is 1. The second-order valence-corrected chi connectivity index (χ2v) is 17.2. The van der Waals surface area contributed by atoms with E-state index in [1.54, 1.807) is 54.1 Å². The zero-order valence-corrected chi connectivity index (χ0v) is 35.2. The van der Waals surface area contributed by atoms with E-state index in [2.05, 4.69) is 24.8 Å². The van der Waals surface area contributed by atoms with Crippen molar-refractivity contribution >= 4 is 23.4 Å². The maximum absolute atomic E-state index is 14.5. The zero-order valence-electron chi connectivity index (χ0n) is 34.4. The van der Waals surface area contributed by atoms with Gasteiger partial charge in [0.2, 0.25) is 5.79 Å². The molecule has 0 bridgehead atoms. The molecule has 6 atom stereocenters. The van der Waals surface area contributed by atoms with Gasteiger partial charge in [0.05, 0.1) is 29.9 Å². The molecule has 6 rings (SSSR count). The SMILES string of the molecule is C=CCOC12Oc3ccc(Oc4ccc(SC)cc4)cc3C3C(CCCCO)C(CCCCO)C=C(C(=NOC(C)(C)C)CC1N(C)C(=O)c1ccc(C#N)cc1)C32. The molecule has 1 heterocycles. The first-order valence-electron chi connectivity index (χ1n) is 20.3. The van der Waals surface area contributed by atoms with Crippen LogP contribution in [0, 0.1) is 29.1 Å². The van der Waals surface area contributed by atoms with Gasteiger partial charge in [-0.25, -0.2) is 0 Å². The Balaban J connectivity index is 1.57. The van der Waals surface area contributed by atoms with E-state index >= 15 is 0 Å². The molecule has 308 valence electrons. The first-order chi connectivity index (χ1) is 28.0. The van der Waals surface area contributed by atoms with E-state index in [0.717, 1.165) is 53.2 Å². The molecule has 0 aromatic heterocycles. The van der Waals surface area contributed by atoms with Crippen molar-refractivity contribution in [3.63, 3.8) is 0 Å². The van der Waals surface area contributed by atoms with Crippen LogP contribution < -0.4 is 9.47 Å². The van der Waals surface area contributed by atoms with Crippen molar-refractivity contribution in [2.45, 2.75) is 94.0 Å². The van der Waals surface area contributed by atoms with Crippen molar-refractivity contribution in [1.29, 1.82) is 5.26 Å². The fourth-order valence-electron chi connectivity index (χ4n) is 8.80. The topological polar surface area (TPSA) is 134 Å². The second kappa shape index (κ2) is 19.0. The quantitative estimate of drug-likeness (QED) is 0.0593. The molecule has 0 saturated heterocycles. The normalized spacial score (nSPS) is 24.1. The summed E-state index contributed by atoms with van der Waals surface area (Å²) in [5.41, 5.74) is 2.97. The summed E-state index contributed by atoms with van der Waals surface area (Å²) in [6, 6.07) is 22.1. The Hall–Kier alpha value is -4.60. The van der Waals surface area contributed by atoms with Crippen LogP contribution in [0.1, 0.15) is 93.1 Å². The van der Waals surface area contributed by atoms with Crippen LogP contribution in [0.5, 0.6) is 17.2 Å². The number of carbonyl (C=O) groups is 1. The molecule has 2 aliphatic carbocycles. The van der Waals surface area contributed by atoms with E-state index in [-0.39, 0.29) is 49.9 Å². The van der Waals surface area contributed by atoms with E-state index in [9.17, 15) is 20.3 Å². The smallest absolute Gasteiger partial charge is 0.254 e. The van der Waals surface area contributed by atoms with Gasteiger partial charge in [-0.1, -0.05) is 30.1 Å². The molecule has 10 nitrogen and oxygen atoms in total. The lowest BCUT2D eigenvalue weighted by atomic mass is 9.55. The van der Waals surface area contributed by atoms with Gasteiger partial charge in [-0.15, -0.1) is 18.3 Å². The van der Waals surface area contributed by atoms with E-state index in [1.807, 2.05) is 63.4 Å². The zero-order chi connectivity index (χ0) is 41.5. The number of carbonyl (C=O) groups excluding carboxylic acids is 1. The monoisotopic (exact) mass is 807 g/mol. The number of thioether (sulfide) groups is 1. The van der Waals surface area contributed by atoms with Crippen LogP contribution in [0.15, 0.2) is 101 Å². The third kappa shape index (κ3) is 9.31. The number of ether oxygens (including phenoxy) is 3. The van der Waals surface area contributed by atoms with E-state index in [4.69, 9.17) is 24.2 Å². The molecule has 2 N–H and O–H groups in total. The number of rotatable bonds is 17. The summed E-state index contributed by atoms with van der Waals surface area (Å²) in [7, 11) is 1.77. The molecule has 0 radical (unpaired) electrons. The molecule has 1 amide bonds. The summed E-state index contributed by atoms with van der Waals surface area (Å²) < 4.78 is 20.8. The maximum atomic E-state index is 14.5. The summed E-state index contributed by atoms with van der Waals surface area (Å²) in [5.74, 6) is -0.0418. The van der Waals surface area contributed by atoms with Crippen LogP contribution in [-0.4, -0.2) is 77.3 Å². The molecule has 3 aromatic rings. The summed E-state index contributed by atoms with van der Waals surface area (Å²) >= 11 is 1.67. The first kappa shape index (κ1) is 43.0. The molecule has 0 spiro atoms. The number of nitriles is 1. The third-order valence-corrected chi connectivity index (χ3v) is 12.2. The molecule has 1 saturated carbocycles. The summed E-state index contributed by atoms with van der Waals surface area (Å²) in [5, 5.41) is 34.1. The van der Waals surface area contributed by atoms with Gasteiger partial charge < -0.3 is 34.2 Å². The van der Waals surface area contributed by atoms with Gasteiger partial charge in [-0.3, -0.25) is 4.79 Å². The summed E-state index contributed by atoms with van der Waals surface area (Å²) in [4.78, 5) is 23.5. The molecule has 3 aromatic carbocycles. The number of likely N-dealkylation sites (N-methyl/N-ethyl adjacent to an activating group) is 1. The van der Waals surface area contributed by atoms with Crippen molar-refractivity contribution in [2.75, 3.05) is 33.1 Å². The van der Waals surface area contributed by atoms with Crippen LogP contribution in [-0.2, 0) is 9.57 Å². The van der Waals surface area contributed by atoms with Crippen molar-refractivity contribution < 1.29 is 34.1 Å². The van der Waals surface area contributed by atoms with Gasteiger partial charge in [0.15, 0.2) is 0 Å². The molecular weight excluding hydrogens is 751 g/mol. The van der Waals surface area contributed by atoms with Gasteiger partial charge in [0.1, 0.15) is 28.9 Å². The Morgan fingerprint density at radius 1 is 1.03 bits per heavy atom. The standard InChI is InChI=1S/C47H57N3O7S/c1-7-26-54-47-42(50(5)45(53)32-16-14-31(30-48)15-17-32)29-40(49-57-46(2,3)4)38-27-33(12-8-10-24-51)37(13-9-11-25-52)43(44(38)47)39-28-35(20-23-41(39)56-47)55-34-18-21-36(58-6)22-19-34/h7,14-23,27-28,33,37,42-44,51-52H,1,8-13,24-26,29H2,2-6H3. The average molecular weight is 808 g/mol. The number of benzene rings is 3. The molecule has 11 heteroatoms. The molecule has 6 unspecified atom stereocenters. The average Bonchev–Trinajstić information content (AvgIpc) is 3.23. The van der Waals surface area contributed by atoms with Crippen LogP contribution in [0.25, 0.3) is 0 Å². The number of aliphatic hydroxyl groups excluding tert-OH is 2. The van der Waals surface area contributed by atoms with Gasteiger partial charge in [0.25, 0.3) is 5.91 Å².